The van der Waals surface area contributed by atoms with E-state index in [1.807, 2.05) is 0 Å². The third-order valence-electron chi connectivity index (χ3n) is 3.83. The van der Waals surface area contributed by atoms with E-state index >= 15 is 0 Å². The number of alkyl halides is 2. The molecule has 0 radical (unpaired) electrons. The SMILES string of the molecule is O=S(=O)(c1ccc(Oc2cc(F)cc(F)c2)c2c1CC(O)C2)C(F)F. The lowest BCUT2D eigenvalue weighted by atomic mass is 10.1. The van der Waals surface area contributed by atoms with Gasteiger partial charge in [0.05, 0.1) is 11.0 Å². The molecule has 2 aromatic carbocycles. The van der Waals surface area contributed by atoms with Crippen LogP contribution in [0.3, 0.4) is 0 Å². The van der Waals surface area contributed by atoms with Gasteiger partial charge in [-0.25, -0.2) is 17.2 Å². The highest BCUT2D eigenvalue weighted by molar-refractivity contribution is 7.91. The topological polar surface area (TPSA) is 63.6 Å². The number of hydrogen-bond donors (Lipinski definition) is 1. The van der Waals surface area contributed by atoms with Crippen LogP contribution in [0.1, 0.15) is 11.1 Å². The molecule has 9 heteroatoms. The number of aliphatic hydroxyl groups is 1. The van der Waals surface area contributed by atoms with E-state index in [4.69, 9.17) is 4.74 Å². The van der Waals surface area contributed by atoms with E-state index in [2.05, 4.69) is 0 Å². The van der Waals surface area contributed by atoms with Crippen molar-refractivity contribution in [2.75, 3.05) is 0 Å². The number of aliphatic hydroxyl groups excluding tert-OH is 1. The third-order valence-corrected chi connectivity index (χ3v) is 5.29. The first-order valence-electron chi connectivity index (χ1n) is 7.17. The van der Waals surface area contributed by atoms with Crippen molar-refractivity contribution in [2.24, 2.45) is 0 Å². The first-order chi connectivity index (χ1) is 11.7. The van der Waals surface area contributed by atoms with Crippen molar-refractivity contribution in [2.45, 2.75) is 29.6 Å². The average Bonchev–Trinajstić information content (AvgIpc) is 2.87. The Bertz CT molecular complexity index is 908. The normalized spacial score (nSPS) is 17.0. The summed E-state index contributed by atoms with van der Waals surface area (Å²) in [5.41, 5.74) is 0.251. The minimum atomic E-state index is -4.85. The molecular weight excluding hydrogens is 364 g/mol. The summed E-state index contributed by atoms with van der Waals surface area (Å²) in [6.07, 6.45) is -1.11. The number of hydrogen-bond acceptors (Lipinski definition) is 4. The largest absolute Gasteiger partial charge is 0.457 e. The molecule has 0 amide bonds. The Kier molecular flexibility index (Phi) is 4.46. The van der Waals surface area contributed by atoms with Gasteiger partial charge < -0.3 is 9.84 Å². The summed E-state index contributed by atoms with van der Waals surface area (Å²) in [6.45, 7) is 0. The van der Waals surface area contributed by atoms with Gasteiger partial charge in [-0.15, -0.1) is 0 Å². The van der Waals surface area contributed by atoms with Gasteiger partial charge in [0, 0.05) is 36.6 Å². The molecular formula is C16H12F4O4S. The van der Waals surface area contributed by atoms with Gasteiger partial charge in [-0.1, -0.05) is 0 Å². The van der Waals surface area contributed by atoms with Crippen LogP contribution in [-0.2, 0) is 22.7 Å². The van der Waals surface area contributed by atoms with E-state index in [0.717, 1.165) is 24.3 Å². The lowest BCUT2D eigenvalue weighted by molar-refractivity contribution is 0.186. The number of fused-ring (bicyclic) bond motifs is 1. The molecule has 2 aromatic rings. The number of ether oxygens (including phenoxy) is 1. The highest BCUT2D eigenvalue weighted by Gasteiger charge is 2.35. The average molecular weight is 376 g/mol. The zero-order chi connectivity index (χ0) is 18.4. The quantitative estimate of drug-likeness (QED) is 0.833. The molecule has 0 fully saturated rings. The lowest BCUT2D eigenvalue weighted by Crippen LogP contribution is -2.14. The molecule has 4 nitrogen and oxygen atoms in total. The molecule has 0 aromatic heterocycles. The molecule has 0 bridgehead atoms. The molecule has 0 heterocycles. The van der Waals surface area contributed by atoms with Crippen LogP contribution in [0, 0.1) is 11.6 Å². The Balaban J connectivity index is 2.07. The van der Waals surface area contributed by atoms with Gasteiger partial charge >= 0.3 is 5.76 Å². The van der Waals surface area contributed by atoms with Crippen LogP contribution in [-0.4, -0.2) is 25.4 Å². The van der Waals surface area contributed by atoms with Crippen LogP contribution in [0.15, 0.2) is 35.2 Å². The van der Waals surface area contributed by atoms with Crippen molar-refractivity contribution in [3.05, 3.63) is 53.1 Å². The van der Waals surface area contributed by atoms with Crippen molar-refractivity contribution in [1.29, 1.82) is 0 Å². The number of rotatable bonds is 4. The second-order valence-corrected chi connectivity index (χ2v) is 7.48. The van der Waals surface area contributed by atoms with Crippen LogP contribution < -0.4 is 4.74 Å². The fourth-order valence-electron chi connectivity index (χ4n) is 2.81. The van der Waals surface area contributed by atoms with Crippen LogP contribution in [0.25, 0.3) is 0 Å². The van der Waals surface area contributed by atoms with Crippen molar-refractivity contribution < 1.29 is 35.8 Å². The van der Waals surface area contributed by atoms with Crippen molar-refractivity contribution in [1.82, 2.24) is 0 Å². The van der Waals surface area contributed by atoms with Crippen molar-refractivity contribution in [3.8, 4) is 11.5 Å². The first kappa shape index (κ1) is 17.7. The molecule has 0 aliphatic heterocycles. The van der Waals surface area contributed by atoms with Gasteiger partial charge in [-0.05, 0) is 17.7 Å². The van der Waals surface area contributed by atoms with E-state index in [1.54, 1.807) is 0 Å². The van der Waals surface area contributed by atoms with E-state index in [9.17, 15) is 31.1 Å². The zero-order valence-electron chi connectivity index (χ0n) is 12.5. The van der Waals surface area contributed by atoms with Gasteiger partial charge in [0.15, 0.2) is 0 Å². The fraction of sp³-hybridized carbons (Fsp3) is 0.250. The molecule has 1 aliphatic rings. The number of halogens is 4. The van der Waals surface area contributed by atoms with Gasteiger partial charge in [-0.3, -0.25) is 0 Å². The Labute approximate surface area is 140 Å². The maximum absolute atomic E-state index is 13.3. The lowest BCUT2D eigenvalue weighted by Gasteiger charge is -2.14. The van der Waals surface area contributed by atoms with Crippen LogP contribution >= 0.6 is 0 Å². The highest BCUT2D eigenvalue weighted by atomic mass is 32.2. The van der Waals surface area contributed by atoms with Crippen LogP contribution in [0.5, 0.6) is 11.5 Å². The number of sulfone groups is 1. The molecule has 134 valence electrons. The van der Waals surface area contributed by atoms with Crippen molar-refractivity contribution in [3.63, 3.8) is 0 Å². The molecule has 1 unspecified atom stereocenters. The summed E-state index contributed by atoms with van der Waals surface area (Å²) in [4.78, 5) is -0.577. The van der Waals surface area contributed by atoms with E-state index < -0.39 is 38.2 Å². The van der Waals surface area contributed by atoms with Crippen LogP contribution in [0.4, 0.5) is 17.6 Å². The summed E-state index contributed by atoms with van der Waals surface area (Å²) in [5, 5.41) is 9.80. The molecule has 1 N–H and O–H groups in total. The zero-order valence-corrected chi connectivity index (χ0v) is 13.4. The molecule has 3 rings (SSSR count). The number of benzene rings is 2. The monoisotopic (exact) mass is 376 g/mol. The maximum Gasteiger partial charge on any atom is 0.341 e. The van der Waals surface area contributed by atoms with E-state index in [-0.39, 0.29) is 35.5 Å². The van der Waals surface area contributed by atoms with Gasteiger partial charge in [0.2, 0.25) is 9.84 Å². The predicted molar refractivity (Wildman–Crippen MR) is 79.5 cm³/mol. The summed E-state index contributed by atoms with van der Waals surface area (Å²) >= 11 is 0. The smallest absolute Gasteiger partial charge is 0.341 e. The molecule has 0 spiro atoms. The van der Waals surface area contributed by atoms with Gasteiger partial charge in [0.1, 0.15) is 23.1 Å². The minimum Gasteiger partial charge on any atom is -0.457 e. The minimum absolute atomic E-state index is 0.0188. The molecule has 0 saturated carbocycles. The second kappa shape index (κ2) is 6.30. The van der Waals surface area contributed by atoms with Crippen LogP contribution in [0.2, 0.25) is 0 Å². The van der Waals surface area contributed by atoms with Crippen molar-refractivity contribution >= 4 is 9.84 Å². The summed E-state index contributed by atoms with van der Waals surface area (Å²) in [6, 6.07) is 4.58. The summed E-state index contributed by atoms with van der Waals surface area (Å²) in [5.74, 6) is -5.47. The van der Waals surface area contributed by atoms with E-state index in [0.29, 0.717) is 6.07 Å². The van der Waals surface area contributed by atoms with Gasteiger partial charge in [0.25, 0.3) is 0 Å². The molecule has 1 atom stereocenters. The van der Waals surface area contributed by atoms with E-state index in [1.165, 1.54) is 0 Å². The maximum atomic E-state index is 13.3. The Morgan fingerprint density at radius 1 is 1.04 bits per heavy atom. The Morgan fingerprint density at radius 3 is 2.24 bits per heavy atom. The Hall–Kier alpha value is -2.13. The summed E-state index contributed by atoms with van der Waals surface area (Å²) < 4.78 is 81.1. The molecule has 0 saturated heterocycles. The Morgan fingerprint density at radius 2 is 1.64 bits per heavy atom. The highest BCUT2D eigenvalue weighted by Crippen LogP contribution is 2.39. The summed E-state index contributed by atoms with van der Waals surface area (Å²) in [7, 11) is -4.85. The second-order valence-electron chi connectivity index (χ2n) is 5.59. The third kappa shape index (κ3) is 3.34. The molecule has 25 heavy (non-hydrogen) atoms. The fourth-order valence-corrected chi connectivity index (χ4v) is 3.81. The molecule has 1 aliphatic carbocycles. The standard InChI is InChI=1S/C16H12F4O4S/c17-8-3-9(18)5-11(4-8)24-14-1-2-15(25(22,23)16(19)20)13-7-10(21)6-12(13)14/h1-5,10,16,21H,6-7H2. The first-order valence-corrected chi connectivity index (χ1v) is 8.72. The predicted octanol–water partition coefficient (Wildman–Crippen LogP) is 3.21. The van der Waals surface area contributed by atoms with Gasteiger partial charge in [-0.2, -0.15) is 8.78 Å².